The zero-order valence-electron chi connectivity index (χ0n) is 17.9. The van der Waals surface area contributed by atoms with Gasteiger partial charge >= 0.3 is 5.97 Å². The van der Waals surface area contributed by atoms with Crippen LogP contribution in [0.25, 0.3) is 10.9 Å². The Hall–Kier alpha value is -2.91. The summed E-state index contributed by atoms with van der Waals surface area (Å²) in [7, 11) is 1.27. The van der Waals surface area contributed by atoms with E-state index >= 15 is 0 Å². The third-order valence-corrected chi connectivity index (χ3v) is 5.23. The lowest BCUT2D eigenvalue weighted by atomic mass is 10.2. The number of aryl methyl sites for hydroxylation is 1. The molecule has 0 fully saturated rings. The molecule has 0 aliphatic rings. The standard InChI is InChI=1S/C22H21BrClN3O5/c1-5-31-19-9-14(8-17(24)20(19)32-12(2)22(29)30-4)11-25-27-13(3)26-18-7-6-15(23)10-16(18)21(27)28/h6-12H,5H2,1-4H3/t12-/m1/s1. The number of halogens is 2. The van der Waals surface area contributed by atoms with Crippen LogP contribution in [-0.4, -0.2) is 41.7 Å². The highest BCUT2D eigenvalue weighted by Gasteiger charge is 2.20. The minimum Gasteiger partial charge on any atom is -0.490 e. The third-order valence-electron chi connectivity index (χ3n) is 4.45. The first-order valence-corrected chi connectivity index (χ1v) is 10.9. The highest BCUT2D eigenvalue weighted by molar-refractivity contribution is 9.10. The van der Waals surface area contributed by atoms with Gasteiger partial charge < -0.3 is 14.2 Å². The molecule has 1 atom stereocenters. The zero-order chi connectivity index (χ0) is 23.4. The molecule has 1 heterocycles. The molecule has 3 rings (SSSR count). The van der Waals surface area contributed by atoms with Crippen molar-refractivity contribution < 1.29 is 19.0 Å². The number of carbonyl (C=O) groups excluding carboxylic acids is 1. The summed E-state index contributed by atoms with van der Waals surface area (Å²) in [5.74, 6) is 0.444. The second-order valence-electron chi connectivity index (χ2n) is 6.73. The average molecular weight is 523 g/mol. The Morgan fingerprint density at radius 3 is 2.78 bits per heavy atom. The van der Waals surface area contributed by atoms with E-state index in [4.69, 9.17) is 21.1 Å². The number of rotatable bonds is 7. The van der Waals surface area contributed by atoms with E-state index in [-0.39, 0.29) is 16.3 Å². The maximum Gasteiger partial charge on any atom is 0.346 e. The fraction of sp³-hybridized carbons (Fsp3) is 0.273. The molecule has 32 heavy (non-hydrogen) atoms. The first-order valence-electron chi connectivity index (χ1n) is 9.69. The Balaban J connectivity index is 2.00. The summed E-state index contributed by atoms with van der Waals surface area (Å²) in [6.07, 6.45) is 0.599. The Morgan fingerprint density at radius 1 is 1.34 bits per heavy atom. The normalized spacial score (nSPS) is 12.2. The van der Waals surface area contributed by atoms with Crippen LogP contribution in [0.5, 0.6) is 11.5 Å². The lowest BCUT2D eigenvalue weighted by molar-refractivity contribution is -0.147. The highest BCUT2D eigenvalue weighted by Crippen LogP contribution is 2.37. The Labute approximate surface area is 197 Å². The van der Waals surface area contributed by atoms with E-state index in [1.807, 2.05) is 13.0 Å². The molecule has 0 N–H and O–H groups in total. The molecule has 8 nitrogen and oxygen atoms in total. The van der Waals surface area contributed by atoms with Crippen LogP contribution in [0.15, 0.2) is 44.7 Å². The summed E-state index contributed by atoms with van der Waals surface area (Å²) in [4.78, 5) is 29.0. The van der Waals surface area contributed by atoms with Crippen molar-refractivity contribution in [2.45, 2.75) is 26.9 Å². The van der Waals surface area contributed by atoms with Gasteiger partial charge in [-0.3, -0.25) is 4.79 Å². The monoisotopic (exact) mass is 521 g/mol. The minimum atomic E-state index is -0.875. The molecule has 0 saturated carbocycles. The molecule has 0 radical (unpaired) electrons. The molecule has 0 unspecified atom stereocenters. The van der Waals surface area contributed by atoms with Gasteiger partial charge in [-0.1, -0.05) is 27.5 Å². The van der Waals surface area contributed by atoms with Gasteiger partial charge in [0, 0.05) is 4.47 Å². The fourth-order valence-electron chi connectivity index (χ4n) is 2.95. The SMILES string of the molecule is CCOc1cc(C=Nn2c(C)nc3ccc(Br)cc3c2=O)cc(Cl)c1O[C@H](C)C(=O)OC. The first-order chi connectivity index (χ1) is 15.2. The number of fused-ring (bicyclic) bond motifs is 1. The van der Waals surface area contributed by atoms with Gasteiger partial charge in [-0.15, -0.1) is 0 Å². The van der Waals surface area contributed by atoms with Crippen LogP contribution in [0, 0.1) is 6.92 Å². The quantitative estimate of drug-likeness (QED) is 0.339. The number of hydrogen-bond donors (Lipinski definition) is 0. The number of hydrogen-bond acceptors (Lipinski definition) is 7. The molecule has 0 amide bonds. The highest BCUT2D eigenvalue weighted by atomic mass is 79.9. The van der Waals surface area contributed by atoms with Crippen LogP contribution >= 0.6 is 27.5 Å². The maximum atomic E-state index is 12.9. The van der Waals surface area contributed by atoms with Gasteiger partial charge in [-0.25, -0.2) is 9.78 Å². The largest absolute Gasteiger partial charge is 0.490 e. The second-order valence-corrected chi connectivity index (χ2v) is 8.05. The number of carbonyl (C=O) groups is 1. The summed E-state index contributed by atoms with van der Waals surface area (Å²) >= 11 is 9.77. The van der Waals surface area contributed by atoms with Crippen molar-refractivity contribution in [2.24, 2.45) is 5.10 Å². The minimum absolute atomic E-state index is 0.217. The van der Waals surface area contributed by atoms with E-state index in [0.29, 0.717) is 34.6 Å². The molecule has 2 aromatic carbocycles. The topological polar surface area (TPSA) is 92.0 Å². The number of benzene rings is 2. The van der Waals surface area contributed by atoms with Crippen molar-refractivity contribution in [3.63, 3.8) is 0 Å². The number of aromatic nitrogens is 2. The maximum absolute atomic E-state index is 12.9. The van der Waals surface area contributed by atoms with Gasteiger partial charge in [0.2, 0.25) is 0 Å². The Bertz CT molecular complexity index is 1260. The molecule has 0 spiro atoms. The van der Waals surface area contributed by atoms with Gasteiger partial charge in [0.15, 0.2) is 17.6 Å². The smallest absolute Gasteiger partial charge is 0.346 e. The van der Waals surface area contributed by atoms with Crippen molar-refractivity contribution in [1.29, 1.82) is 0 Å². The first kappa shape index (κ1) is 23.7. The Kier molecular flexibility index (Phi) is 7.52. The summed E-state index contributed by atoms with van der Waals surface area (Å²) in [5.41, 5.74) is 0.857. The van der Waals surface area contributed by atoms with Gasteiger partial charge in [-0.05, 0) is 56.7 Å². The molecular weight excluding hydrogens is 502 g/mol. The van der Waals surface area contributed by atoms with E-state index in [1.54, 1.807) is 38.1 Å². The molecule has 0 aliphatic heterocycles. The van der Waals surface area contributed by atoms with Crippen LogP contribution in [0.2, 0.25) is 5.02 Å². The van der Waals surface area contributed by atoms with Crippen molar-refractivity contribution in [1.82, 2.24) is 9.66 Å². The van der Waals surface area contributed by atoms with Gasteiger partial charge in [0.05, 0.1) is 35.9 Å². The lowest BCUT2D eigenvalue weighted by Gasteiger charge is -2.17. The molecule has 3 aromatic rings. The fourth-order valence-corrected chi connectivity index (χ4v) is 3.58. The molecule has 168 valence electrons. The van der Waals surface area contributed by atoms with Crippen LogP contribution in [0.3, 0.4) is 0 Å². The van der Waals surface area contributed by atoms with E-state index in [0.717, 1.165) is 4.47 Å². The summed E-state index contributed by atoms with van der Waals surface area (Å²) in [6.45, 7) is 5.41. The Morgan fingerprint density at radius 2 is 2.09 bits per heavy atom. The summed E-state index contributed by atoms with van der Waals surface area (Å²) in [5, 5.41) is 4.96. The molecule has 0 saturated heterocycles. The van der Waals surface area contributed by atoms with Crippen LogP contribution in [0.1, 0.15) is 25.2 Å². The number of methoxy groups -OCH3 is 1. The predicted molar refractivity (Wildman–Crippen MR) is 126 cm³/mol. The summed E-state index contributed by atoms with van der Waals surface area (Å²) in [6, 6.07) is 8.55. The van der Waals surface area contributed by atoms with Crippen molar-refractivity contribution in [2.75, 3.05) is 13.7 Å². The second kappa shape index (κ2) is 10.1. The molecule has 0 bridgehead atoms. The van der Waals surface area contributed by atoms with E-state index < -0.39 is 12.1 Å². The van der Waals surface area contributed by atoms with Gasteiger partial charge in [0.1, 0.15) is 5.82 Å². The lowest BCUT2D eigenvalue weighted by Crippen LogP contribution is -2.25. The van der Waals surface area contributed by atoms with Crippen molar-refractivity contribution in [3.05, 3.63) is 61.6 Å². The molecule has 10 heteroatoms. The van der Waals surface area contributed by atoms with E-state index in [9.17, 15) is 9.59 Å². The van der Waals surface area contributed by atoms with Gasteiger partial charge in [0.25, 0.3) is 5.56 Å². The van der Waals surface area contributed by atoms with Crippen molar-refractivity contribution in [3.8, 4) is 11.5 Å². The molecular formula is C22H21BrClN3O5. The van der Waals surface area contributed by atoms with Crippen molar-refractivity contribution >= 4 is 50.6 Å². The van der Waals surface area contributed by atoms with Gasteiger partial charge in [-0.2, -0.15) is 9.78 Å². The van der Waals surface area contributed by atoms with Crippen LogP contribution in [0.4, 0.5) is 0 Å². The summed E-state index contributed by atoms with van der Waals surface area (Å²) < 4.78 is 18.0. The van der Waals surface area contributed by atoms with E-state index in [2.05, 4.69) is 30.8 Å². The third kappa shape index (κ3) is 5.11. The number of esters is 1. The van der Waals surface area contributed by atoms with Crippen LogP contribution < -0.4 is 15.0 Å². The number of nitrogens with zero attached hydrogens (tertiary/aromatic N) is 3. The van der Waals surface area contributed by atoms with E-state index in [1.165, 1.54) is 18.0 Å². The average Bonchev–Trinajstić information content (AvgIpc) is 2.76. The predicted octanol–water partition coefficient (Wildman–Crippen LogP) is 4.34. The zero-order valence-corrected chi connectivity index (χ0v) is 20.2. The number of ether oxygens (including phenoxy) is 3. The molecule has 1 aromatic heterocycles. The molecule has 0 aliphatic carbocycles. The van der Waals surface area contributed by atoms with Crippen LogP contribution in [-0.2, 0) is 9.53 Å².